The minimum absolute atomic E-state index is 0.161. The molecule has 2 amide bonds. The van der Waals surface area contributed by atoms with E-state index in [0.717, 1.165) is 32.1 Å². The monoisotopic (exact) mass is 316 g/mol. The third kappa shape index (κ3) is 2.92. The number of carboxylic acid groups (broad SMARTS) is 1. The van der Waals surface area contributed by atoms with Gasteiger partial charge in [0.1, 0.15) is 6.04 Å². The Morgan fingerprint density at radius 2 is 1.91 bits per heavy atom. The molecule has 0 aromatic heterocycles. The minimum Gasteiger partial charge on any atom is -0.480 e. The van der Waals surface area contributed by atoms with Crippen molar-refractivity contribution in [3.05, 3.63) is 35.9 Å². The van der Waals surface area contributed by atoms with Crippen molar-refractivity contribution in [2.75, 3.05) is 20.1 Å². The van der Waals surface area contributed by atoms with E-state index < -0.39 is 12.0 Å². The highest BCUT2D eigenvalue weighted by atomic mass is 16.4. The van der Waals surface area contributed by atoms with Gasteiger partial charge < -0.3 is 14.9 Å². The maximum atomic E-state index is 12.6. The molecule has 1 aromatic carbocycles. The summed E-state index contributed by atoms with van der Waals surface area (Å²) in [5.41, 5.74) is 1.01. The maximum absolute atomic E-state index is 12.6. The fourth-order valence-electron chi connectivity index (χ4n) is 4.08. The topological polar surface area (TPSA) is 60.9 Å². The number of carbonyl (C=O) groups excluding carboxylic acids is 1. The predicted octanol–water partition coefficient (Wildman–Crippen LogP) is 2.61. The average molecular weight is 316 g/mol. The van der Waals surface area contributed by atoms with Gasteiger partial charge in [0.15, 0.2) is 0 Å². The van der Waals surface area contributed by atoms with Crippen molar-refractivity contribution in [1.82, 2.24) is 9.80 Å². The van der Waals surface area contributed by atoms with E-state index in [-0.39, 0.29) is 11.4 Å². The summed E-state index contributed by atoms with van der Waals surface area (Å²) in [5, 5.41) is 9.56. The zero-order valence-corrected chi connectivity index (χ0v) is 13.6. The molecule has 1 aromatic rings. The van der Waals surface area contributed by atoms with Gasteiger partial charge in [0.05, 0.1) is 0 Å². The number of hydrogen-bond donors (Lipinski definition) is 1. The standard InChI is InChI=1S/C18H24N2O3/c1-19(12-9-14-7-3-2-4-8-14)17(23)20-13-18(10-5-6-11-18)15(20)16(21)22/h2-4,7-8,15H,5-6,9-13H2,1H3,(H,21,22). The van der Waals surface area contributed by atoms with Crippen LogP contribution in [0.1, 0.15) is 31.2 Å². The van der Waals surface area contributed by atoms with E-state index in [9.17, 15) is 14.7 Å². The van der Waals surface area contributed by atoms with Crippen LogP contribution in [0.4, 0.5) is 4.79 Å². The van der Waals surface area contributed by atoms with Crippen molar-refractivity contribution >= 4 is 12.0 Å². The summed E-state index contributed by atoms with van der Waals surface area (Å²) in [6.45, 7) is 1.19. The number of urea groups is 1. The van der Waals surface area contributed by atoms with Crippen LogP contribution >= 0.6 is 0 Å². The van der Waals surface area contributed by atoms with Crippen LogP contribution in [-0.2, 0) is 11.2 Å². The quantitative estimate of drug-likeness (QED) is 0.929. The Balaban J connectivity index is 1.60. The summed E-state index contributed by atoms with van der Waals surface area (Å²) < 4.78 is 0. The van der Waals surface area contributed by atoms with Crippen molar-refractivity contribution in [1.29, 1.82) is 0 Å². The molecule has 1 heterocycles. The lowest BCUT2D eigenvalue weighted by atomic mass is 9.70. The molecule has 1 aliphatic carbocycles. The van der Waals surface area contributed by atoms with E-state index >= 15 is 0 Å². The number of likely N-dealkylation sites (N-methyl/N-ethyl adjacent to an activating group) is 1. The largest absolute Gasteiger partial charge is 0.480 e. The van der Waals surface area contributed by atoms with Crippen LogP contribution in [0.25, 0.3) is 0 Å². The first kappa shape index (κ1) is 15.8. The van der Waals surface area contributed by atoms with Crippen LogP contribution in [0.5, 0.6) is 0 Å². The molecule has 23 heavy (non-hydrogen) atoms. The average Bonchev–Trinajstić information content (AvgIpc) is 3.01. The van der Waals surface area contributed by atoms with E-state index in [4.69, 9.17) is 0 Å². The number of aliphatic carboxylic acids is 1. The van der Waals surface area contributed by atoms with Gasteiger partial charge in [-0.3, -0.25) is 0 Å². The molecular weight excluding hydrogens is 292 g/mol. The number of likely N-dealkylation sites (tertiary alicyclic amines) is 1. The lowest BCUT2D eigenvalue weighted by Gasteiger charge is -2.54. The van der Waals surface area contributed by atoms with Crippen molar-refractivity contribution in [3.63, 3.8) is 0 Å². The Bertz CT molecular complexity index is 581. The molecule has 5 heteroatoms. The van der Waals surface area contributed by atoms with Gasteiger partial charge in [-0.15, -0.1) is 0 Å². The molecule has 1 N–H and O–H groups in total. The molecule has 124 valence electrons. The minimum atomic E-state index is -0.858. The van der Waals surface area contributed by atoms with Crippen LogP contribution in [-0.4, -0.2) is 53.1 Å². The summed E-state index contributed by atoms with van der Waals surface area (Å²) in [5.74, 6) is -0.858. The summed E-state index contributed by atoms with van der Waals surface area (Å²) in [6.07, 6.45) is 4.80. The van der Waals surface area contributed by atoms with Crippen LogP contribution < -0.4 is 0 Å². The number of amides is 2. The van der Waals surface area contributed by atoms with Gasteiger partial charge in [0, 0.05) is 25.6 Å². The summed E-state index contributed by atoms with van der Waals surface area (Å²) >= 11 is 0. The van der Waals surface area contributed by atoms with Crippen LogP contribution in [0.15, 0.2) is 30.3 Å². The normalized spacial score (nSPS) is 22.0. The molecule has 1 saturated heterocycles. The molecule has 0 radical (unpaired) electrons. The number of hydrogen-bond acceptors (Lipinski definition) is 2. The number of carbonyl (C=O) groups is 2. The Kier molecular flexibility index (Phi) is 4.28. The van der Waals surface area contributed by atoms with E-state index in [1.165, 1.54) is 5.56 Å². The van der Waals surface area contributed by atoms with Gasteiger partial charge in [-0.2, -0.15) is 0 Å². The third-order valence-electron chi connectivity index (χ3n) is 5.36. The Labute approximate surface area is 136 Å². The van der Waals surface area contributed by atoms with Gasteiger partial charge >= 0.3 is 12.0 Å². The molecule has 2 fully saturated rings. The van der Waals surface area contributed by atoms with Gasteiger partial charge in [0.25, 0.3) is 0 Å². The second kappa shape index (κ2) is 6.22. The highest BCUT2D eigenvalue weighted by Crippen LogP contribution is 2.50. The van der Waals surface area contributed by atoms with Crippen LogP contribution in [0.3, 0.4) is 0 Å². The van der Waals surface area contributed by atoms with E-state index in [1.807, 2.05) is 30.3 Å². The molecule has 0 bridgehead atoms. The fourth-order valence-corrected chi connectivity index (χ4v) is 4.08. The highest BCUT2D eigenvalue weighted by molar-refractivity contribution is 5.85. The first-order valence-corrected chi connectivity index (χ1v) is 8.32. The lowest BCUT2D eigenvalue weighted by Crippen LogP contribution is -2.70. The number of nitrogens with zero attached hydrogens (tertiary/aromatic N) is 2. The van der Waals surface area contributed by atoms with Gasteiger partial charge in [0.2, 0.25) is 0 Å². The van der Waals surface area contributed by atoms with E-state index in [1.54, 1.807) is 16.8 Å². The fraction of sp³-hybridized carbons (Fsp3) is 0.556. The van der Waals surface area contributed by atoms with E-state index in [2.05, 4.69) is 0 Å². The number of carboxylic acids is 1. The lowest BCUT2D eigenvalue weighted by molar-refractivity contribution is -0.159. The van der Waals surface area contributed by atoms with Crippen LogP contribution in [0, 0.1) is 5.41 Å². The maximum Gasteiger partial charge on any atom is 0.327 e. The molecule has 5 nitrogen and oxygen atoms in total. The van der Waals surface area contributed by atoms with Gasteiger partial charge in [-0.25, -0.2) is 9.59 Å². The summed E-state index contributed by atoms with van der Waals surface area (Å²) in [6, 6.07) is 9.21. The molecular formula is C18H24N2O3. The molecule has 3 rings (SSSR count). The first-order valence-electron chi connectivity index (χ1n) is 8.32. The first-order chi connectivity index (χ1) is 11.0. The molecule has 1 unspecified atom stereocenters. The summed E-state index contributed by atoms with van der Waals surface area (Å²) in [4.78, 5) is 27.4. The zero-order chi connectivity index (χ0) is 16.4. The van der Waals surface area contributed by atoms with Crippen LogP contribution in [0.2, 0.25) is 0 Å². The Hall–Kier alpha value is -2.04. The smallest absolute Gasteiger partial charge is 0.327 e. The second-order valence-corrected chi connectivity index (χ2v) is 6.88. The van der Waals surface area contributed by atoms with Crippen molar-refractivity contribution < 1.29 is 14.7 Å². The SMILES string of the molecule is CN(CCc1ccccc1)C(=O)N1CC2(CCCC2)C1C(=O)O. The Morgan fingerprint density at radius 3 is 2.52 bits per heavy atom. The predicted molar refractivity (Wildman–Crippen MR) is 87.2 cm³/mol. The molecule has 2 aliphatic rings. The second-order valence-electron chi connectivity index (χ2n) is 6.88. The van der Waals surface area contributed by atoms with E-state index in [0.29, 0.717) is 13.1 Å². The Morgan fingerprint density at radius 1 is 1.26 bits per heavy atom. The highest BCUT2D eigenvalue weighted by Gasteiger charge is 2.59. The molecule has 1 aliphatic heterocycles. The summed E-state index contributed by atoms with van der Waals surface area (Å²) in [7, 11) is 1.75. The molecule has 1 saturated carbocycles. The van der Waals surface area contributed by atoms with Gasteiger partial charge in [-0.1, -0.05) is 43.2 Å². The molecule has 1 spiro atoms. The van der Waals surface area contributed by atoms with Crippen molar-refractivity contribution in [2.45, 2.75) is 38.1 Å². The molecule has 1 atom stereocenters. The number of benzene rings is 1. The third-order valence-corrected chi connectivity index (χ3v) is 5.36. The zero-order valence-electron chi connectivity index (χ0n) is 13.6. The van der Waals surface area contributed by atoms with Crippen molar-refractivity contribution in [3.8, 4) is 0 Å². The number of rotatable bonds is 4. The van der Waals surface area contributed by atoms with Crippen molar-refractivity contribution in [2.24, 2.45) is 5.41 Å². The van der Waals surface area contributed by atoms with Gasteiger partial charge in [-0.05, 0) is 24.8 Å².